The molecular weight excluding hydrogens is 244 g/mol. The van der Waals surface area contributed by atoms with E-state index in [4.69, 9.17) is 16.9 Å². The van der Waals surface area contributed by atoms with Crippen molar-refractivity contribution in [2.24, 2.45) is 0 Å². The maximum absolute atomic E-state index is 13.0. The second-order valence-corrected chi connectivity index (χ2v) is 3.14. The van der Waals surface area contributed by atoms with Crippen molar-refractivity contribution in [3.05, 3.63) is 34.1 Å². The standard InChI is InChI=1S/C8H4BrClFN/c9-3-5-1-7(10)6(4-12)2-8(5)11/h1-2H,3H2. The van der Waals surface area contributed by atoms with E-state index < -0.39 is 5.82 Å². The van der Waals surface area contributed by atoms with Crippen molar-refractivity contribution in [1.82, 2.24) is 0 Å². The van der Waals surface area contributed by atoms with Crippen LogP contribution in [0.1, 0.15) is 11.1 Å². The molecule has 0 aliphatic rings. The summed E-state index contributed by atoms with van der Waals surface area (Å²) in [6, 6.07) is 4.39. The molecule has 1 nitrogen and oxygen atoms in total. The average Bonchev–Trinajstić information content (AvgIpc) is 2.08. The van der Waals surface area contributed by atoms with Gasteiger partial charge < -0.3 is 0 Å². The second-order valence-electron chi connectivity index (χ2n) is 2.17. The Labute approximate surface area is 82.9 Å². The van der Waals surface area contributed by atoms with Gasteiger partial charge in [0.1, 0.15) is 11.9 Å². The molecule has 1 aromatic rings. The summed E-state index contributed by atoms with van der Waals surface area (Å²) >= 11 is 8.78. The van der Waals surface area contributed by atoms with Crippen LogP contribution in [-0.2, 0) is 5.33 Å². The Bertz CT molecular complexity index is 345. The minimum Gasteiger partial charge on any atom is -0.207 e. The van der Waals surface area contributed by atoms with Gasteiger partial charge in [0.2, 0.25) is 0 Å². The monoisotopic (exact) mass is 247 g/mol. The highest BCUT2D eigenvalue weighted by molar-refractivity contribution is 9.08. The molecule has 0 spiro atoms. The summed E-state index contributed by atoms with van der Waals surface area (Å²) in [5.41, 5.74) is 0.623. The average molecular weight is 248 g/mol. The molecule has 0 radical (unpaired) electrons. The number of halogens is 3. The normalized spacial score (nSPS) is 9.50. The van der Waals surface area contributed by atoms with E-state index in [1.165, 1.54) is 6.07 Å². The van der Waals surface area contributed by atoms with Gasteiger partial charge in [0.25, 0.3) is 0 Å². The third-order valence-corrected chi connectivity index (χ3v) is 2.32. The largest absolute Gasteiger partial charge is 0.207 e. The number of alkyl halides is 1. The van der Waals surface area contributed by atoms with E-state index in [-0.39, 0.29) is 10.6 Å². The molecule has 0 atom stereocenters. The van der Waals surface area contributed by atoms with Gasteiger partial charge in [-0.05, 0) is 17.7 Å². The number of rotatable bonds is 1. The fourth-order valence-corrected chi connectivity index (χ4v) is 1.43. The second kappa shape index (κ2) is 3.88. The van der Waals surface area contributed by atoms with Gasteiger partial charge in [0, 0.05) is 5.33 Å². The van der Waals surface area contributed by atoms with Crippen LogP contribution >= 0.6 is 27.5 Å². The molecule has 0 N–H and O–H groups in total. The van der Waals surface area contributed by atoms with Gasteiger partial charge in [0.05, 0.1) is 10.6 Å². The summed E-state index contributed by atoms with van der Waals surface area (Å²) in [5.74, 6) is -0.409. The predicted octanol–water partition coefficient (Wildman–Crippen LogP) is 3.25. The smallest absolute Gasteiger partial charge is 0.128 e. The lowest BCUT2D eigenvalue weighted by Crippen LogP contribution is -1.88. The lowest BCUT2D eigenvalue weighted by molar-refractivity contribution is 0.617. The van der Waals surface area contributed by atoms with Crippen molar-refractivity contribution in [2.75, 3.05) is 0 Å². The van der Waals surface area contributed by atoms with Crippen LogP contribution in [0, 0.1) is 17.1 Å². The van der Waals surface area contributed by atoms with Gasteiger partial charge in [-0.15, -0.1) is 0 Å². The highest BCUT2D eigenvalue weighted by Gasteiger charge is 2.06. The Morgan fingerprint density at radius 2 is 2.25 bits per heavy atom. The van der Waals surface area contributed by atoms with Gasteiger partial charge in [-0.25, -0.2) is 4.39 Å². The van der Waals surface area contributed by atoms with Gasteiger partial charge in [-0.2, -0.15) is 5.26 Å². The predicted molar refractivity (Wildman–Crippen MR) is 48.8 cm³/mol. The molecule has 0 aliphatic carbocycles. The van der Waals surface area contributed by atoms with E-state index in [1.807, 2.05) is 0 Å². The molecule has 1 aromatic carbocycles. The number of nitriles is 1. The molecule has 4 heteroatoms. The van der Waals surface area contributed by atoms with Crippen LogP contribution in [0.25, 0.3) is 0 Å². The van der Waals surface area contributed by atoms with E-state index in [0.717, 1.165) is 6.07 Å². The Morgan fingerprint density at radius 1 is 1.58 bits per heavy atom. The summed E-state index contributed by atoms with van der Waals surface area (Å²) in [7, 11) is 0. The minimum atomic E-state index is -0.409. The van der Waals surface area contributed by atoms with Gasteiger partial charge in [-0.1, -0.05) is 27.5 Å². The SMILES string of the molecule is N#Cc1cc(F)c(CBr)cc1Cl. The molecule has 1 rings (SSSR count). The molecule has 0 bridgehead atoms. The first-order valence-corrected chi connectivity index (χ1v) is 4.63. The molecule has 0 saturated carbocycles. The topological polar surface area (TPSA) is 23.8 Å². The van der Waals surface area contributed by atoms with Crippen molar-refractivity contribution < 1.29 is 4.39 Å². The zero-order chi connectivity index (χ0) is 9.14. The minimum absolute atomic E-state index is 0.166. The molecule has 0 unspecified atom stereocenters. The number of hydrogen-bond acceptors (Lipinski definition) is 1. The van der Waals surface area contributed by atoms with E-state index in [0.29, 0.717) is 10.9 Å². The summed E-state index contributed by atoms with van der Waals surface area (Å²) in [6.07, 6.45) is 0. The van der Waals surface area contributed by atoms with E-state index >= 15 is 0 Å². The first kappa shape index (κ1) is 9.50. The fourth-order valence-electron chi connectivity index (χ4n) is 0.776. The highest BCUT2D eigenvalue weighted by atomic mass is 79.9. The maximum atomic E-state index is 13.0. The Morgan fingerprint density at radius 3 is 2.75 bits per heavy atom. The fraction of sp³-hybridized carbons (Fsp3) is 0.125. The van der Waals surface area contributed by atoms with E-state index in [9.17, 15) is 4.39 Å². The van der Waals surface area contributed by atoms with Crippen LogP contribution in [0.2, 0.25) is 5.02 Å². The zero-order valence-corrected chi connectivity index (χ0v) is 8.28. The van der Waals surface area contributed by atoms with Crippen molar-refractivity contribution in [3.63, 3.8) is 0 Å². The third kappa shape index (κ3) is 1.77. The molecule has 0 saturated heterocycles. The van der Waals surface area contributed by atoms with Crippen LogP contribution in [0.5, 0.6) is 0 Å². The summed E-state index contributed by atoms with van der Waals surface area (Å²) in [4.78, 5) is 0. The third-order valence-electron chi connectivity index (χ3n) is 1.40. The van der Waals surface area contributed by atoms with Gasteiger partial charge in [-0.3, -0.25) is 0 Å². The summed E-state index contributed by atoms with van der Waals surface area (Å²) in [5, 5.41) is 9.17. The van der Waals surface area contributed by atoms with Crippen LogP contribution in [-0.4, -0.2) is 0 Å². The molecule has 0 aliphatic heterocycles. The molecular formula is C8H4BrClFN. The van der Waals surface area contributed by atoms with Crippen molar-refractivity contribution >= 4 is 27.5 Å². The Balaban J connectivity index is 3.28. The van der Waals surface area contributed by atoms with Crippen LogP contribution in [0.4, 0.5) is 4.39 Å². The molecule has 0 fully saturated rings. The molecule has 0 aromatic heterocycles. The molecule has 12 heavy (non-hydrogen) atoms. The first-order valence-electron chi connectivity index (χ1n) is 3.13. The Kier molecular flexibility index (Phi) is 3.07. The highest BCUT2D eigenvalue weighted by Crippen LogP contribution is 2.21. The quantitative estimate of drug-likeness (QED) is 0.700. The summed E-state index contributed by atoms with van der Waals surface area (Å²) in [6.45, 7) is 0. The Hall–Kier alpha value is -0.590. The lowest BCUT2D eigenvalue weighted by Gasteiger charge is -2.00. The molecule has 0 amide bonds. The maximum Gasteiger partial charge on any atom is 0.128 e. The molecule has 62 valence electrons. The first-order chi connectivity index (χ1) is 5.69. The van der Waals surface area contributed by atoms with Gasteiger partial charge >= 0.3 is 0 Å². The van der Waals surface area contributed by atoms with Crippen LogP contribution in [0.3, 0.4) is 0 Å². The number of hydrogen-bond donors (Lipinski definition) is 0. The number of benzene rings is 1. The number of nitrogens with zero attached hydrogens (tertiary/aromatic N) is 1. The van der Waals surface area contributed by atoms with Gasteiger partial charge in [0.15, 0.2) is 0 Å². The van der Waals surface area contributed by atoms with E-state index in [1.54, 1.807) is 6.07 Å². The zero-order valence-electron chi connectivity index (χ0n) is 5.94. The molecule has 0 heterocycles. The summed E-state index contributed by atoms with van der Waals surface area (Å²) < 4.78 is 13.0. The van der Waals surface area contributed by atoms with Crippen molar-refractivity contribution in [1.29, 1.82) is 5.26 Å². The van der Waals surface area contributed by atoms with Crippen molar-refractivity contribution in [2.45, 2.75) is 5.33 Å². The van der Waals surface area contributed by atoms with Crippen molar-refractivity contribution in [3.8, 4) is 6.07 Å². The van der Waals surface area contributed by atoms with Crippen LogP contribution in [0.15, 0.2) is 12.1 Å². The lowest BCUT2D eigenvalue weighted by atomic mass is 10.1. The van der Waals surface area contributed by atoms with E-state index in [2.05, 4.69) is 15.9 Å². The van der Waals surface area contributed by atoms with Crippen LogP contribution < -0.4 is 0 Å².